The van der Waals surface area contributed by atoms with E-state index in [9.17, 15) is 9.90 Å². The number of amides is 1. The molecule has 118 valence electrons. The minimum absolute atomic E-state index is 0.139. The fourth-order valence-electron chi connectivity index (χ4n) is 1.78. The van der Waals surface area contributed by atoms with Gasteiger partial charge in [-0.3, -0.25) is 4.79 Å². The van der Waals surface area contributed by atoms with Crippen molar-refractivity contribution in [2.45, 2.75) is 45.4 Å². The van der Waals surface area contributed by atoms with E-state index in [-0.39, 0.29) is 12.5 Å². The molecule has 0 bridgehead atoms. The molecule has 0 aliphatic heterocycles. The molecule has 0 saturated heterocycles. The van der Waals surface area contributed by atoms with Gasteiger partial charge in [-0.1, -0.05) is 39.0 Å². The number of carbonyl (C=O) groups excluding carboxylic acids is 1. The van der Waals surface area contributed by atoms with E-state index in [4.69, 9.17) is 4.74 Å². The van der Waals surface area contributed by atoms with E-state index in [1.54, 1.807) is 0 Å². The van der Waals surface area contributed by atoms with Crippen molar-refractivity contribution in [1.29, 1.82) is 0 Å². The van der Waals surface area contributed by atoms with Gasteiger partial charge in [0.1, 0.15) is 6.10 Å². The minimum atomic E-state index is -0.619. The first-order chi connectivity index (χ1) is 10.0. The number of rotatable bonds is 9. The molecule has 2 atom stereocenters. The Labute approximate surface area is 126 Å². The number of carbonyl (C=O) groups is 1. The highest BCUT2D eigenvalue weighted by Gasteiger charge is 2.18. The SMILES string of the molecule is CCC(OCC(O)CNC(C)C)C(=O)Nc1ccccc1. The van der Waals surface area contributed by atoms with E-state index < -0.39 is 12.2 Å². The molecule has 0 heterocycles. The van der Waals surface area contributed by atoms with Gasteiger partial charge in [0.2, 0.25) is 0 Å². The van der Waals surface area contributed by atoms with Gasteiger partial charge in [-0.2, -0.15) is 0 Å². The summed E-state index contributed by atoms with van der Waals surface area (Å²) in [6.45, 7) is 6.49. The highest BCUT2D eigenvalue weighted by Crippen LogP contribution is 2.08. The molecular weight excluding hydrogens is 268 g/mol. The molecular formula is C16H26N2O3. The summed E-state index contributed by atoms with van der Waals surface area (Å²) in [6.07, 6.45) is -0.618. The van der Waals surface area contributed by atoms with Gasteiger partial charge in [0, 0.05) is 18.3 Å². The van der Waals surface area contributed by atoms with Crippen molar-refractivity contribution in [3.63, 3.8) is 0 Å². The van der Waals surface area contributed by atoms with Crippen molar-refractivity contribution in [2.24, 2.45) is 0 Å². The lowest BCUT2D eigenvalue weighted by molar-refractivity contribution is -0.129. The Bertz CT molecular complexity index is 409. The van der Waals surface area contributed by atoms with E-state index in [1.807, 2.05) is 51.1 Å². The third-order valence-corrected chi connectivity index (χ3v) is 2.96. The first-order valence-electron chi connectivity index (χ1n) is 7.41. The number of nitrogens with one attached hydrogen (secondary N) is 2. The molecule has 2 unspecified atom stereocenters. The smallest absolute Gasteiger partial charge is 0.253 e. The number of para-hydroxylation sites is 1. The molecule has 0 saturated carbocycles. The second-order valence-corrected chi connectivity index (χ2v) is 5.30. The molecule has 0 aliphatic rings. The third-order valence-electron chi connectivity index (χ3n) is 2.96. The maximum atomic E-state index is 12.1. The number of ether oxygens (including phenoxy) is 1. The first-order valence-corrected chi connectivity index (χ1v) is 7.41. The summed E-state index contributed by atoms with van der Waals surface area (Å²) in [7, 11) is 0. The van der Waals surface area contributed by atoms with E-state index in [0.717, 1.165) is 5.69 Å². The van der Waals surface area contributed by atoms with Crippen LogP contribution in [-0.2, 0) is 9.53 Å². The van der Waals surface area contributed by atoms with E-state index in [2.05, 4.69) is 10.6 Å². The highest BCUT2D eigenvalue weighted by molar-refractivity contribution is 5.94. The molecule has 1 aromatic carbocycles. The molecule has 1 aromatic rings. The van der Waals surface area contributed by atoms with Crippen LogP contribution in [0.4, 0.5) is 5.69 Å². The zero-order valence-corrected chi connectivity index (χ0v) is 13.0. The van der Waals surface area contributed by atoms with Gasteiger partial charge in [0.25, 0.3) is 5.91 Å². The number of benzene rings is 1. The highest BCUT2D eigenvalue weighted by atomic mass is 16.5. The molecule has 0 spiro atoms. The van der Waals surface area contributed by atoms with Crippen LogP contribution < -0.4 is 10.6 Å². The molecule has 1 amide bonds. The number of aliphatic hydroxyl groups excluding tert-OH is 1. The van der Waals surface area contributed by atoms with E-state index in [0.29, 0.717) is 19.0 Å². The van der Waals surface area contributed by atoms with Crippen molar-refractivity contribution in [2.75, 3.05) is 18.5 Å². The maximum absolute atomic E-state index is 12.1. The number of hydrogen-bond donors (Lipinski definition) is 3. The van der Waals surface area contributed by atoms with Crippen molar-refractivity contribution >= 4 is 11.6 Å². The topological polar surface area (TPSA) is 70.6 Å². The summed E-state index contributed by atoms with van der Waals surface area (Å²) >= 11 is 0. The molecule has 0 aliphatic carbocycles. The second-order valence-electron chi connectivity index (χ2n) is 5.30. The summed E-state index contributed by atoms with van der Waals surface area (Å²) in [5.74, 6) is -0.187. The van der Waals surface area contributed by atoms with E-state index in [1.165, 1.54) is 0 Å². The van der Waals surface area contributed by atoms with Crippen molar-refractivity contribution in [3.8, 4) is 0 Å². The average Bonchev–Trinajstić information content (AvgIpc) is 2.46. The van der Waals surface area contributed by atoms with Crippen LogP contribution in [0.25, 0.3) is 0 Å². The van der Waals surface area contributed by atoms with Crippen molar-refractivity contribution in [3.05, 3.63) is 30.3 Å². The second kappa shape index (κ2) is 9.50. The standard InChI is InChI=1S/C16H26N2O3/c1-4-15(21-11-14(19)10-17-12(2)3)16(20)18-13-8-6-5-7-9-13/h5-9,12,14-15,17,19H,4,10-11H2,1-3H3,(H,18,20). The van der Waals surface area contributed by atoms with Gasteiger partial charge >= 0.3 is 0 Å². The Morgan fingerprint density at radius 1 is 1.29 bits per heavy atom. The summed E-state index contributed by atoms with van der Waals surface area (Å²) in [5.41, 5.74) is 0.742. The van der Waals surface area contributed by atoms with Crippen LogP contribution >= 0.6 is 0 Å². The van der Waals surface area contributed by atoms with Crippen LogP contribution in [0.2, 0.25) is 0 Å². The fourth-order valence-corrected chi connectivity index (χ4v) is 1.78. The average molecular weight is 294 g/mol. The van der Waals surface area contributed by atoms with Gasteiger partial charge in [-0.05, 0) is 18.6 Å². The molecule has 0 aromatic heterocycles. The van der Waals surface area contributed by atoms with Gasteiger partial charge < -0.3 is 20.5 Å². The quantitative estimate of drug-likeness (QED) is 0.649. The molecule has 0 fully saturated rings. The third kappa shape index (κ3) is 7.22. The summed E-state index contributed by atoms with van der Waals surface area (Å²) in [5, 5.41) is 15.7. The monoisotopic (exact) mass is 294 g/mol. The Morgan fingerprint density at radius 2 is 1.95 bits per heavy atom. The van der Waals surface area contributed by atoms with Crippen LogP contribution in [0.1, 0.15) is 27.2 Å². The maximum Gasteiger partial charge on any atom is 0.253 e. The predicted octanol–water partition coefficient (Wildman–Crippen LogP) is 1.78. The number of aliphatic hydroxyl groups is 1. The van der Waals surface area contributed by atoms with E-state index >= 15 is 0 Å². The van der Waals surface area contributed by atoms with Crippen molar-refractivity contribution < 1.29 is 14.6 Å². The molecule has 5 heteroatoms. The Morgan fingerprint density at radius 3 is 2.52 bits per heavy atom. The lowest BCUT2D eigenvalue weighted by Gasteiger charge is -2.19. The molecule has 0 radical (unpaired) electrons. The van der Waals surface area contributed by atoms with Crippen molar-refractivity contribution in [1.82, 2.24) is 5.32 Å². The summed E-state index contributed by atoms with van der Waals surface area (Å²) in [6, 6.07) is 9.57. The minimum Gasteiger partial charge on any atom is -0.389 e. The van der Waals surface area contributed by atoms with Crippen LogP contribution in [0.15, 0.2) is 30.3 Å². The predicted molar refractivity (Wildman–Crippen MR) is 84.2 cm³/mol. The molecule has 1 rings (SSSR count). The van der Waals surface area contributed by atoms with Crippen LogP contribution in [0.5, 0.6) is 0 Å². The zero-order chi connectivity index (χ0) is 15.7. The van der Waals surface area contributed by atoms with Crippen LogP contribution in [0, 0.1) is 0 Å². The van der Waals surface area contributed by atoms with Crippen LogP contribution in [0.3, 0.4) is 0 Å². The normalized spacial score (nSPS) is 14.0. The Kier molecular flexibility index (Phi) is 7.97. The lowest BCUT2D eigenvalue weighted by Crippen LogP contribution is -2.37. The zero-order valence-electron chi connectivity index (χ0n) is 13.0. The van der Waals surface area contributed by atoms with Gasteiger partial charge in [0.15, 0.2) is 0 Å². The Balaban J connectivity index is 2.38. The lowest BCUT2D eigenvalue weighted by atomic mass is 10.2. The van der Waals surface area contributed by atoms with Gasteiger partial charge in [0.05, 0.1) is 12.7 Å². The van der Waals surface area contributed by atoms with Gasteiger partial charge in [-0.15, -0.1) is 0 Å². The first kappa shape index (κ1) is 17.6. The fraction of sp³-hybridized carbons (Fsp3) is 0.562. The molecule has 21 heavy (non-hydrogen) atoms. The molecule has 5 nitrogen and oxygen atoms in total. The summed E-state index contributed by atoms with van der Waals surface area (Å²) < 4.78 is 5.52. The number of hydrogen-bond acceptors (Lipinski definition) is 4. The summed E-state index contributed by atoms with van der Waals surface area (Å²) in [4.78, 5) is 12.1. The Hall–Kier alpha value is -1.43. The van der Waals surface area contributed by atoms with Crippen LogP contribution in [-0.4, -0.2) is 42.4 Å². The molecule has 3 N–H and O–H groups in total. The largest absolute Gasteiger partial charge is 0.389 e. The number of anilines is 1. The van der Waals surface area contributed by atoms with Gasteiger partial charge in [-0.25, -0.2) is 0 Å².